The summed E-state index contributed by atoms with van der Waals surface area (Å²) in [6.07, 6.45) is 2.49. The van der Waals surface area contributed by atoms with Crippen LogP contribution in [-0.4, -0.2) is 23.8 Å². The van der Waals surface area contributed by atoms with Crippen LogP contribution in [-0.2, 0) is 10.3 Å². The molecule has 98 valence electrons. The third-order valence-electron chi connectivity index (χ3n) is 3.40. The second kappa shape index (κ2) is 6.12. The molecule has 1 aromatic rings. The molecular formula is C12H23N3O2. The fourth-order valence-electron chi connectivity index (χ4n) is 1.94. The molecule has 1 heterocycles. The van der Waals surface area contributed by atoms with Gasteiger partial charge in [-0.2, -0.15) is 4.98 Å². The Morgan fingerprint density at radius 3 is 2.53 bits per heavy atom. The SMILES string of the molecule is CCC(CC)(OC)c1noc(C(C)CCN)n1. The smallest absolute Gasteiger partial charge is 0.229 e. The van der Waals surface area contributed by atoms with Crippen LogP contribution >= 0.6 is 0 Å². The van der Waals surface area contributed by atoms with Gasteiger partial charge in [0.25, 0.3) is 0 Å². The normalized spacial score (nSPS) is 13.9. The fourth-order valence-corrected chi connectivity index (χ4v) is 1.94. The highest BCUT2D eigenvalue weighted by molar-refractivity contribution is 5.02. The highest BCUT2D eigenvalue weighted by Gasteiger charge is 2.34. The van der Waals surface area contributed by atoms with Gasteiger partial charge in [-0.25, -0.2) is 0 Å². The molecule has 0 aliphatic rings. The average Bonchev–Trinajstić information content (AvgIpc) is 2.83. The molecule has 0 amide bonds. The molecule has 0 saturated carbocycles. The van der Waals surface area contributed by atoms with Crippen LogP contribution in [0.2, 0.25) is 0 Å². The average molecular weight is 241 g/mol. The maximum atomic E-state index is 5.57. The van der Waals surface area contributed by atoms with E-state index in [9.17, 15) is 0 Å². The number of ether oxygens (including phenoxy) is 1. The number of rotatable bonds is 7. The van der Waals surface area contributed by atoms with Gasteiger partial charge in [-0.15, -0.1) is 0 Å². The quantitative estimate of drug-likeness (QED) is 0.792. The standard InChI is InChI=1S/C12H23N3O2/c1-5-12(6-2,16-4)11-14-10(17-15-11)9(3)7-8-13/h9H,5-8,13H2,1-4H3. The van der Waals surface area contributed by atoms with Crippen molar-refractivity contribution >= 4 is 0 Å². The van der Waals surface area contributed by atoms with Crippen LogP contribution in [0.1, 0.15) is 57.7 Å². The molecular weight excluding hydrogens is 218 g/mol. The van der Waals surface area contributed by atoms with Gasteiger partial charge < -0.3 is 15.0 Å². The summed E-state index contributed by atoms with van der Waals surface area (Å²) in [4.78, 5) is 4.46. The predicted molar refractivity (Wildman–Crippen MR) is 65.7 cm³/mol. The van der Waals surface area contributed by atoms with Gasteiger partial charge in [0.05, 0.1) is 0 Å². The zero-order valence-electron chi connectivity index (χ0n) is 11.2. The molecule has 2 N–H and O–H groups in total. The van der Waals surface area contributed by atoms with Crippen LogP contribution in [0.15, 0.2) is 4.52 Å². The van der Waals surface area contributed by atoms with Crippen LogP contribution in [0.3, 0.4) is 0 Å². The molecule has 1 atom stereocenters. The van der Waals surface area contributed by atoms with Crippen LogP contribution in [0.5, 0.6) is 0 Å². The second-order valence-electron chi connectivity index (χ2n) is 4.34. The van der Waals surface area contributed by atoms with Gasteiger partial charge in [0.15, 0.2) is 0 Å². The molecule has 0 aromatic carbocycles. The minimum atomic E-state index is -0.426. The highest BCUT2D eigenvalue weighted by Crippen LogP contribution is 2.31. The topological polar surface area (TPSA) is 74.2 Å². The third kappa shape index (κ3) is 2.84. The molecule has 0 spiro atoms. The first-order chi connectivity index (χ1) is 8.13. The molecule has 17 heavy (non-hydrogen) atoms. The zero-order valence-corrected chi connectivity index (χ0v) is 11.2. The molecule has 1 unspecified atom stereocenters. The van der Waals surface area contributed by atoms with Crippen molar-refractivity contribution < 1.29 is 9.26 Å². The van der Waals surface area contributed by atoms with Crippen molar-refractivity contribution in [3.63, 3.8) is 0 Å². The third-order valence-corrected chi connectivity index (χ3v) is 3.40. The number of nitrogens with two attached hydrogens (primary N) is 1. The molecule has 5 heteroatoms. The van der Waals surface area contributed by atoms with Crippen LogP contribution in [0.4, 0.5) is 0 Å². The van der Waals surface area contributed by atoms with Crippen LogP contribution < -0.4 is 5.73 Å². The Morgan fingerprint density at radius 2 is 2.06 bits per heavy atom. The number of hydrogen-bond donors (Lipinski definition) is 1. The molecule has 0 radical (unpaired) electrons. The van der Waals surface area contributed by atoms with E-state index in [1.165, 1.54) is 0 Å². The summed E-state index contributed by atoms with van der Waals surface area (Å²) < 4.78 is 10.9. The summed E-state index contributed by atoms with van der Waals surface area (Å²) in [6.45, 7) is 6.78. The van der Waals surface area contributed by atoms with E-state index >= 15 is 0 Å². The monoisotopic (exact) mass is 241 g/mol. The van der Waals surface area contributed by atoms with Gasteiger partial charge in [0, 0.05) is 13.0 Å². The van der Waals surface area contributed by atoms with Crippen molar-refractivity contribution in [2.24, 2.45) is 5.73 Å². The lowest BCUT2D eigenvalue weighted by atomic mass is 9.96. The van der Waals surface area contributed by atoms with Gasteiger partial charge in [-0.3, -0.25) is 0 Å². The van der Waals surface area contributed by atoms with Crippen molar-refractivity contribution in [3.8, 4) is 0 Å². The molecule has 0 saturated heterocycles. The van der Waals surface area contributed by atoms with E-state index in [2.05, 4.69) is 24.0 Å². The molecule has 1 aromatic heterocycles. The Kier molecular flexibility index (Phi) is 5.08. The Morgan fingerprint density at radius 1 is 1.41 bits per heavy atom. The van der Waals surface area contributed by atoms with E-state index < -0.39 is 5.60 Å². The van der Waals surface area contributed by atoms with Crippen molar-refractivity contribution in [3.05, 3.63) is 11.7 Å². The summed E-state index contributed by atoms with van der Waals surface area (Å²) in [5.41, 5.74) is 5.10. The van der Waals surface area contributed by atoms with Crippen molar-refractivity contribution in [2.75, 3.05) is 13.7 Å². The second-order valence-corrected chi connectivity index (χ2v) is 4.34. The Labute approximate surface area is 103 Å². The van der Waals surface area contributed by atoms with Gasteiger partial charge >= 0.3 is 0 Å². The number of methoxy groups -OCH3 is 1. The Balaban J connectivity index is 2.92. The largest absolute Gasteiger partial charge is 0.370 e. The minimum Gasteiger partial charge on any atom is -0.370 e. The van der Waals surface area contributed by atoms with Gasteiger partial charge in [0.2, 0.25) is 11.7 Å². The van der Waals surface area contributed by atoms with Gasteiger partial charge in [0.1, 0.15) is 5.60 Å². The van der Waals surface area contributed by atoms with E-state index in [1.807, 2.05) is 6.92 Å². The summed E-state index contributed by atoms with van der Waals surface area (Å²) in [5, 5.41) is 4.05. The maximum Gasteiger partial charge on any atom is 0.229 e. The lowest BCUT2D eigenvalue weighted by molar-refractivity contribution is -0.0306. The number of hydrogen-bond acceptors (Lipinski definition) is 5. The summed E-state index contributed by atoms with van der Waals surface area (Å²) >= 11 is 0. The molecule has 0 aliphatic heterocycles. The molecule has 1 rings (SSSR count). The summed E-state index contributed by atoms with van der Waals surface area (Å²) in [7, 11) is 1.69. The number of nitrogens with zero attached hydrogens (tertiary/aromatic N) is 2. The van der Waals surface area contributed by atoms with Crippen molar-refractivity contribution in [2.45, 2.75) is 51.6 Å². The van der Waals surface area contributed by atoms with E-state index in [0.717, 1.165) is 19.3 Å². The first kappa shape index (κ1) is 14.1. The van der Waals surface area contributed by atoms with Crippen LogP contribution in [0.25, 0.3) is 0 Å². The molecule has 0 aliphatic carbocycles. The summed E-state index contributed by atoms with van der Waals surface area (Å²) in [5.74, 6) is 1.49. The maximum absolute atomic E-state index is 5.57. The summed E-state index contributed by atoms with van der Waals surface area (Å²) in [6, 6.07) is 0. The lowest BCUT2D eigenvalue weighted by Gasteiger charge is -2.25. The minimum absolute atomic E-state index is 0.199. The van der Waals surface area contributed by atoms with Crippen LogP contribution in [0, 0.1) is 0 Å². The predicted octanol–water partition coefficient (Wildman–Crippen LogP) is 2.18. The van der Waals surface area contributed by atoms with E-state index in [4.69, 9.17) is 15.0 Å². The van der Waals surface area contributed by atoms with Gasteiger partial charge in [-0.05, 0) is 25.8 Å². The van der Waals surface area contributed by atoms with E-state index in [0.29, 0.717) is 18.3 Å². The molecule has 5 nitrogen and oxygen atoms in total. The first-order valence-corrected chi connectivity index (χ1v) is 6.22. The van der Waals surface area contributed by atoms with E-state index in [-0.39, 0.29) is 5.92 Å². The highest BCUT2D eigenvalue weighted by atomic mass is 16.5. The zero-order chi connectivity index (χ0) is 12.9. The van der Waals surface area contributed by atoms with Gasteiger partial charge in [-0.1, -0.05) is 25.9 Å². The lowest BCUT2D eigenvalue weighted by Crippen LogP contribution is -2.28. The fraction of sp³-hybridized carbons (Fsp3) is 0.833. The Hall–Kier alpha value is -0.940. The molecule has 0 fully saturated rings. The Bertz CT molecular complexity index is 326. The van der Waals surface area contributed by atoms with Crippen molar-refractivity contribution in [1.82, 2.24) is 10.1 Å². The molecule has 0 bridgehead atoms. The van der Waals surface area contributed by atoms with E-state index in [1.54, 1.807) is 7.11 Å². The first-order valence-electron chi connectivity index (χ1n) is 6.22. The number of aromatic nitrogens is 2. The van der Waals surface area contributed by atoms with Crippen molar-refractivity contribution in [1.29, 1.82) is 0 Å².